The molecule has 0 aliphatic heterocycles. The number of ketones is 1. The van der Waals surface area contributed by atoms with Gasteiger partial charge >= 0.3 is 0 Å². The Hall–Kier alpha value is -1.55. The van der Waals surface area contributed by atoms with Gasteiger partial charge in [0.05, 0.1) is 14.2 Å². The number of aryl methyl sites for hydroxylation is 1. The van der Waals surface area contributed by atoms with Crippen LogP contribution in [0.15, 0.2) is 12.1 Å². The van der Waals surface area contributed by atoms with E-state index in [0.29, 0.717) is 23.5 Å². The molecule has 1 rings (SSSR count). The third-order valence-electron chi connectivity index (χ3n) is 2.72. The summed E-state index contributed by atoms with van der Waals surface area (Å²) in [5, 5.41) is 9.91. The van der Waals surface area contributed by atoms with E-state index in [1.807, 2.05) is 6.92 Å². The van der Waals surface area contributed by atoms with Gasteiger partial charge in [-0.05, 0) is 30.2 Å². The normalized spacial score (nSPS) is 12.1. The highest BCUT2D eigenvalue weighted by atomic mass is 16.5. The van der Waals surface area contributed by atoms with Crippen molar-refractivity contribution < 1.29 is 19.4 Å². The molecule has 0 spiro atoms. The van der Waals surface area contributed by atoms with Gasteiger partial charge in [0.25, 0.3) is 0 Å². The van der Waals surface area contributed by atoms with Gasteiger partial charge in [-0.2, -0.15) is 0 Å². The molecule has 1 N–H and O–H groups in total. The van der Waals surface area contributed by atoms with E-state index in [2.05, 4.69) is 0 Å². The van der Waals surface area contributed by atoms with E-state index >= 15 is 0 Å². The number of carbonyl (C=O) groups excluding carboxylic acids is 1. The lowest BCUT2D eigenvalue weighted by atomic mass is 9.98. The van der Waals surface area contributed by atoms with Crippen molar-refractivity contribution in [2.75, 3.05) is 14.2 Å². The molecule has 0 heterocycles. The van der Waals surface area contributed by atoms with Crippen LogP contribution in [-0.4, -0.2) is 25.1 Å². The fraction of sp³-hybridized carbons (Fsp3) is 0.462. The summed E-state index contributed by atoms with van der Waals surface area (Å²) in [5.74, 6) is 0.890. The Bertz CT molecular complexity index is 412. The van der Waals surface area contributed by atoms with Gasteiger partial charge < -0.3 is 14.6 Å². The van der Waals surface area contributed by atoms with E-state index in [9.17, 15) is 9.90 Å². The second-order valence-electron chi connectivity index (χ2n) is 3.79. The van der Waals surface area contributed by atoms with Crippen LogP contribution in [0.2, 0.25) is 0 Å². The van der Waals surface area contributed by atoms with Crippen molar-refractivity contribution in [3.63, 3.8) is 0 Å². The molecule has 0 aromatic heterocycles. The molecular weight excluding hydrogens is 220 g/mol. The van der Waals surface area contributed by atoms with Crippen LogP contribution >= 0.6 is 0 Å². The Balaban J connectivity index is 3.21. The Kier molecular flexibility index (Phi) is 4.52. The number of Topliss-reactive ketones (excluding diaryl/α,β-unsaturated/α-hetero) is 1. The van der Waals surface area contributed by atoms with E-state index in [1.165, 1.54) is 7.11 Å². The summed E-state index contributed by atoms with van der Waals surface area (Å²) >= 11 is 0. The van der Waals surface area contributed by atoms with Crippen LogP contribution in [0.3, 0.4) is 0 Å². The molecule has 0 saturated carbocycles. The Morgan fingerprint density at radius 3 is 2.29 bits per heavy atom. The molecule has 17 heavy (non-hydrogen) atoms. The summed E-state index contributed by atoms with van der Waals surface area (Å²) in [7, 11) is 3.07. The molecule has 4 heteroatoms. The zero-order chi connectivity index (χ0) is 13.0. The number of hydrogen-bond acceptors (Lipinski definition) is 4. The Morgan fingerprint density at radius 1 is 1.29 bits per heavy atom. The van der Waals surface area contributed by atoms with Crippen molar-refractivity contribution in [2.45, 2.75) is 26.4 Å². The Morgan fingerprint density at radius 2 is 1.82 bits per heavy atom. The van der Waals surface area contributed by atoms with Crippen LogP contribution in [-0.2, 0) is 4.79 Å². The molecule has 1 aromatic rings. The zero-order valence-electron chi connectivity index (χ0n) is 10.6. The fourth-order valence-corrected chi connectivity index (χ4v) is 1.66. The maximum absolute atomic E-state index is 11.5. The number of carbonyl (C=O) groups is 1. The predicted molar refractivity (Wildman–Crippen MR) is 64.5 cm³/mol. The number of aliphatic hydroxyl groups excluding tert-OH is 1. The molecular formula is C13H18O4. The molecule has 0 amide bonds. The first-order chi connectivity index (χ1) is 8.04. The van der Waals surface area contributed by atoms with Crippen LogP contribution in [0.25, 0.3) is 0 Å². The second-order valence-corrected chi connectivity index (χ2v) is 3.79. The van der Waals surface area contributed by atoms with Crippen LogP contribution in [0.1, 0.15) is 30.6 Å². The van der Waals surface area contributed by atoms with Gasteiger partial charge in [0.15, 0.2) is 17.3 Å². The van der Waals surface area contributed by atoms with E-state index in [1.54, 1.807) is 26.2 Å². The largest absolute Gasteiger partial charge is 0.493 e. The number of hydrogen-bond donors (Lipinski definition) is 1. The zero-order valence-corrected chi connectivity index (χ0v) is 10.6. The fourth-order valence-electron chi connectivity index (χ4n) is 1.66. The van der Waals surface area contributed by atoms with E-state index < -0.39 is 6.10 Å². The van der Waals surface area contributed by atoms with Crippen molar-refractivity contribution in [1.82, 2.24) is 0 Å². The van der Waals surface area contributed by atoms with Crippen molar-refractivity contribution in [1.29, 1.82) is 0 Å². The van der Waals surface area contributed by atoms with Crippen LogP contribution in [0.5, 0.6) is 11.5 Å². The smallest absolute Gasteiger partial charge is 0.165 e. The number of ether oxygens (including phenoxy) is 2. The standard InChI is InChI=1S/C13H18O4/c1-5-10(14)13(15)9-7-12(17-4)11(16-3)6-8(9)2/h6-7,13,15H,5H2,1-4H3. The summed E-state index contributed by atoms with van der Waals surface area (Å²) in [6.07, 6.45) is -0.797. The summed E-state index contributed by atoms with van der Waals surface area (Å²) in [5.41, 5.74) is 1.37. The third-order valence-corrected chi connectivity index (χ3v) is 2.72. The van der Waals surface area contributed by atoms with Crippen molar-refractivity contribution in [2.24, 2.45) is 0 Å². The quantitative estimate of drug-likeness (QED) is 0.852. The lowest BCUT2D eigenvalue weighted by Gasteiger charge is -2.15. The first-order valence-corrected chi connectivity index (χ1v) is 5.48. The number of rotatable bonds is 5. The van der Waals surface area contributed by atoms with Gasteiger partial charge in [0.2, 0.25) is 0 Å². The molecule has 0 aliphatic rings. The topological polar surface area (TPSA) is 55.8 Å². The molecule has 0 radical (unpaired) electrons. The van der Waals surface area contributed by atoms with Gasteiger partial charge in [0.1, 0.15) is 6.10 Å². The van der Waals surface area contributed by atoms with Crippen molar-refractivity contribution >= 4 is 5.78 Å². The van der Waals surface area contributed by atoms with Crippen molar-refractivity contribution in [3.05, 3.63) is 23.3 Å². The van der Waals surface area contributed by atoms with E-state index in [0.717, 1.165) is 5.56 Å². The van der Waals surface area contributed by atoms with Crippen LogP contribution < -0.4 is 9.47 Å². The van der Waals surface area contributed by atoms with Gasteiger partial charge in [-0.25, -0.2) is 0 Å². The van der Waals surface area contributed by atoms with Gasteiger partial charge in [-0.3, -0.25) is 4.79 Å². The molecule has 1 unspecified atom stereocenters. The summed E-state index contributed by atoms with van der Waals surface area (Å²) in [4.78, 5) is 11.5. The van der Waals surface area contributed by atoms with Crippen LogP contribution in [0.4, 0.5) is 0 Å². The SMILES string of the molecule is CCC(=O)C(O)c1cc(OC)c(OC)cc1C. The minimum Gasteiger partial charge on any atom is -0.493 e. The highest BCUT2D eigenvalue weighted by molar-refractivity contribution is 5.84. The summed E-state index contributed by atoms with van der Waals surface area (Å²) in [6, 6.07) is 3.40. The monoisotopic (exact) mass is 238 g/mol. The minimum absolute atomic E-state index is 0.208. The highest BCUT2D eigenvalue weighted by Crippen LogP contribution is 2.33. The van der Waals surface area contributed by atoms with Gasteiger partial charge in [0, 0.05) is 6.42 Å². The van der Waals surface area contributed by atoms with E-state index in [4.69, 9.17) is 9.47 Å². The molecule has 1 atom stereocenters. The van der Waals surface area contributed by atoms with E-state index in [-0.39, 0.29) is 5.78 Å². The van der Waals surface area contributed by atoms with Gasteiger partial charge in [-0.15, -0.1) is 0 Å². The van der Waals surface area contributed by atoms with Gasteiger partial charge in [-0.1, -0.05) is 6.92 Å². The lowest BCUT2D eigenvalue weighted by molar-refractivity contribution is -0.127. The maximum Gasteiger partial charge on any atom is 0.165 e. The Labute approximate surface area is 101 Å². The number of methoxy groups -OCH3 is 2. The third kappa shape index (κ3) is 2.77. The summed E-state index contributed by atoms with van der Waals surface area (Å²) < 4.78 is 10.3. The predicted octanol–water partition coefficient (Wildman–Crippen LogP) is 2.02. The molecule has 1 aromatic carbocycles. The first kappa shape index (κ1) is 13.5. The minimum atomic E-state index is -1.10. The average molecular weight is 238 g/mol. The molecule has 4 nitrogen and oxygen atoms in total. The number of benzene rings is 1. The second kappa shape index (κ2) is 5.68. The first-order valence-electron chi connectivity index (χ1n) is 5.48. The molecule has 0 fully saturated rings. The molecule has 0 aliphatic carbocycles. The molecule has 94 valence electrons. The number of aliphatic hydroxyl groups is 1. The lowest BCUT2D eigenvalue weighted by Crippen LogP contribution is -2.12. The van der Waals surface area contributed by atoms with Crippen LogP contribution in [0, 0.1) is 6.92 Å². The molecule has 0 bridgehead atoms. The molecule has 0 saturated heterocycles. The summed E-state index contributed by atoms with van der Waals surface area (Å²) in [6.45, 7) is 3.55. The maximum atomic E-state index is 11.5. The highest BCUT2D eigenvalue weighted by Gasteiger charge is 2.20. The average Bonchev–Trinajstić information content (AvgIpc) is 2.36. The van der Waals surface area contributed by atoms with Crippen molar-refractivity contribution in [3.8, 4) is 11.5 Å².